The zero-order valence-electron chi connectivity index (χ0n) is 12.1. The van der Waals surface area contributed by atoms with E-state index in [9.17, 15) is 13.2 Å². The van der Waals surface area contributed by atoms with Gasteiger partial charge in [0.1, 0.15) is 11.1 Å². The predicted molar refractivity (Wildman–Crippen MR) is 79.2 cm³/mol. The molecule has 0 bridgehead atoms. The number of methoxy groups -OCH3 is 1. The van der Waals surface area contributed by atoms with Gasteiger partial charge < -0.3 is 10.5 Å². The number of amides is 1. The Labute approximate surface area is 127 Å². The molecule has 1 heterocycles. The fourth-order valence-electron chi connectivity index (χ4n) is 2.50. The molecule has 0 saturated heterocycles. The highest BCUT2D eigenvalue weighted by Crippen LogP contribution is 2.39. The molecule has 0 saturated carbocycles. The number of nitrogens with zero attached hydrogens (tertiary/aromatic N) is 2. The summed E-state index contributed by atoms with van der Waals surface area (Å²) < 4.78 is 28.9. The standard InChI is InChI=1S/C13H16N4O4S/c1-13(12-16-7-6-10(17-12)21-2)8(11(14)18)4-3-5-9(13)22(15,19)20/h3-7,9H,1-2H3,(H2,14,18)(H2,15,19,20). The van der Waals surface area contributed by atoms with Crippen LogP contribution < -0.4 is 15.6 Å². The van der Waals surface area contributed by atoms with Gasteiger partial charge in [-0.25, -0.2) is 18.5 Å². The van der Waals surface area contributed by atoms with E-state index in [4.69, 9.17) is 15.6 Å². The third-order valence-electron chi connectivity index (χ3n) is 3.60. The molecule has 0 aliphatic heterocycles. The number of primary amides is 1. The second-order valence-corrected chi connectivity index (χ2v) is 6.65. The molecule has 0 aromatic carbocycles. The third-order valence-corrected chi connectivity index (χ3v) is 4.94. The number of carbonyl (C=O) groups is 1. The minimum Gasteiger partial charge on any atom is -0.481 e. The van der Waals surface area contributed by atoms with E-state index in [0.29, 0.717) is 0 Å². The molecular weight excluding hydrogens is 308 g/mol. The number of primary sulfonamides is 1. The second-order valence-electron chi connectivity index (χ2n) is 4.96. The fourth-order valence-corrected chi connectivity index (χ4v) is 3.70. The molecule has 8 nitrogen and oxygen atoms in total. The van der Waals surface area contributed by atoms with Crippen LogP contribution in [0.5, 0.6) is 5.88 Å². The first-order valence-corrected chi connectivity index (χ1v) is 7.90. The summed E-state index contributed by atoms with van der Waals surface area (Å²) in [6.45, 7) is 1.51. The van der Waals surface area contributed by atoms with Crippen molar-refractivity contribution in [2.75, 3.05) is 7.11 Å². The van der Waals surface area contributed by atoms with E-state index in [2.05, 4.69) is 9.97 Å². The van der Waals surface area contributed by atoms with Gasteiger partial charge in [0, 0.05) is 17.8 Å². The monoisotopic (exact) mass is 324 g/mol. The zero-order valence-corrected chi connectivity index (χ0v) is 12.9. The van der Waals surface area contributed by atoms with Crippen LogP contribution in [-0.2, 0) is 20.2 Å². The van der Waals surface area contributed by atoms with Crippen LogP contribution in [0.25, 0.3) is 0 Å². The summed E-state index contributed by atoms with van der Waals surface area (Å²) in [6.07, 6.45) is 5.65. The van der Waals surface area contributed by atoms with Gasteiger partial charge in [-0.1, -0.05) is 18.2 Å². The lowest BCUT2D eigenvalue weighted by molar-refractivity contribution is -0.115. The van der Waals surface area contributed by atoms with E-state index in [1.807, 2.05) is 0 Å². The topological polar surface area (TPSA) is 138 Å². The molecule has 0 fully saturated rings. The van der Waals surface area contributed by atoms with Gasteiger partial charge in [0.15, 0.2) is 0 Å². The van der Waals surface area contributed by atoms with E-state index in [1.54, 1.807) is 0 Å². The van der Waals surface area contributed by atoms with Crippen LogP contribution in [0, 0.1) is 0 Å². The molecule has 1 aromatic heterocycles. The highest BCUT2D eigenvalue weighted by Gasteiger charge is 2.49. The number of sulfonamides is 1. The van der Waals surface area contributed by atoms with Gasteiger partial charge in [0.05, 0.1) is 12.5 Å². The summed E-state index contributed by atoms with van der Waals surface area (Å²) >= 11 is 0. The van der Waals surface area contributed by atoms with Crippen LogP contribution >= 0.6 is 0 Å². The number of nitrogens with two attached hydrogens (primary N) is 2. The maximum absolute atomic E-state index is 12.0. The molecule has 2 unspecified atom stereocenters. The Bertz CT molecular complexity index is 772. The van der Waals surface area contributed by atoms with Crippen molar-refractivity contribution in [2.24, 2.45) is 10.9 Å². The lowest BCUT2D eigenvalue weighted by atomic mass is 9.74. The van der Waals surface area contributed by atoms with Crippen molar-refractivity contribution < 1.29 is 17.9 Å². The number of hydrogen-bond acceptors (Lipinski definition) is 6. The number of aromatic nitrogens is 2. The van der Waals surface area contributed by atoms with Gasteiger partial charge >= 0.3 is 0 Å². The number of carbonyl (C=O) groups excluding carboxylic acids is 1. The molecular formula is C13H16N4O4S. The molecule has 2 atom stereocenters. The Morgan fingerprint density at radius 1 is 1.45 bits per heavy atom. The number of hydrogen-bond donors (Lipinski definition) is 2. The van der Waals surface area contributed by atoms with Crippen molar-refractivity contribution in [1.82, 2.24) is 9.97 Å². The molecule has 4 N–H and O–H groups in total. The molecule has 2 rings (SSSR count). The van der Waals surface area contributed by atoms with Crippen molar-refractivity contribution in [3.05, 3.63) is 41.9 Å². The second kappa shape index (κ2) is 5.50. The average Bonchev–Trinajstić information content (AvgIpc) is 2.46. The van der Waals surface area contributed by atoms with E-state index in [0.717, 1.165) is 0 Å². The summed E-state index contributed by atoms with van der Waals surface area (Å²) in [6, 6.07) is 1.51. The summed E-state index contributed by atoms with van der Waals surface area (Å²) in [4.78, 5) is 20.0. The summed E-state index contributed by atoms with van der Waals surface area (Å²) in [7, 11) is -2.61. The lowest BCUT2D eigenvalue weighted by Gasteiger charge is -2.36. The van der Waals surface area contributed by atoms with Crippen LogP contribution in [-0.4, -0.2) is 36.7 Å². The van der Waals surface area contributed by atoms with Crippen molar-refractivity contribution >= 4 is 15.9 Å². The smallest absolute Gasteiger partial charge is 0.245 e. The first kappa shape index (κ1) is 16.1. The molecule has 118 valence electrons. The van der Waals surface area contributed by atoms with E-state index < -0.39 is 26.6 Å². The lowest BCUT2D eigenvalue weighted by Crippen LogP contribution is -2.50. The average molecular weight is 324 g/mol. The van der Waals surface area contributed by atoms with Gasteiger partial charge in [-0.2, -0.15) is 4.98 Å². The van der Waals surface area contributed by atoms with Gasteiger partial charge in [-0.3, -0.25) is 4.79 Å². The summed E-state index contributed by atoms with van der Waals surface area (Å²) in [5, 5.41) is 4.09. The Kier molecular flexibility index (Phi) is 4.03. The fraction of sp³-hybridized carbons (Fsp3) is 0.308. The van der Waals surface area contributed by atoms with Crippen LogP contribution in [0.2, 0.25) is 0 Å². The van der Waals surface area contributed by atoms with Crippen LogP contribution in [0.1, 0.15) is 12.7 Å². The van der Waals surface area contributed by atoms with Crippen molar-refractivity contribution in [3.63, 3.8) is 0 Å². The largest absolute Gasteiger partial charge is 0.481 e. The molecule has 1 aliphatic rings. The highest BCUT2D eigenvalue weighted by atomic mass is 32.2. The minimum atomic E-state index is -4.02. The normalized spacial score (nSPS) is 24.7. The van der Waals surface area contributed by atoms with Crippen molar-refractivity contribution in [3.8, 4) is 5.88 Å². The first-order valence-electron chi connectivity index (χ1n) is 6.29. The van der Waals surface area contributed by atoms with E-state index in [1.165, 1.54) is 44.5 Å². The summed E-state index contributed by atoms with van der Waals surface area (Å²) in [5.74, 6) is -0.454. The number of ether oxygens (including phenoxy) is 1. The zero-order chi connectivity index (χ0) is 16.5. The quantitative estimate of drug-likeness (QED) is 0.757. The van der Waals surface area contributed by atoms with E-state index in [-0.39, 0.29) is 17.3 Å². The molecule has 9 heteroatoms. The molecule has 1 aliphatic carbocycles. The van der Waals surface area contributed by atoms with Gasteiger partial charge in [-0.15, -0.1) is 0 Å². The van der Waals surface area contributed by atoms with Gasteiger partial charge in [0.25, 0.3) is 0 Å². The first-order chi connectivity index (χ1) is 10.2. The van der Waals surface area contributed by atoms with Crippen LogP contribution in [0.15, 0.2) is 36.1 Å². The number of allylic oxidation sites excluding steroid dienone is 2. The van der Waals surface area contributed by atoms with E-state index >= 15 is 0 Å². The summed E-state index contributed by atoms with van der Waals surface area (Å²) in [5.41, 5.74) is 4.04. The molecule has 1 amide bonds. The highest BCUT2D eigenvalue weighted by molar-refractivity contribution is 7.90. The Morgan fingerprint density at radius 3 is 2.68 bits per heavy atom. The van der Waals surface area contributed by atoms with Crippen LogP contribution in [0.3, 0.4) is 0 Å². The Balaban J connectivity index is 2.73. The van der Waals surface area contributed by atoms with Gasteiger partial charge in [-0.05, 0) is 6.92 Å². The number of rotatable bonds is 4. The van der Waals surface area contributed by atoms with Crippen LogP contribution in [0.4, 0.5) is 0 Å². The maximum Gasteiger partial charge on any atom is 0.245 e. The molecule has 0 radical (unpaired) electrons. The predicted octanol–water partition coefficient (Wildman–Crippen LogP) is -0.618. The maximum atomic E-state index is 12.0. The minimum absolute atomic E-state index is 0.0577. The SMILES string of the molecule is COc1ccnc(C2(C)C(C(N)=O)=CC=CC2S(N)(=O)=O)n1. The molecule has 22 heavy (non-hydrogen) atoms. The molecule has 1 aromatic rings. The third kappa shape index (κ3) is 2.60. The Morgan fingerprint density at radius 2 is 2.14 bits per heavy atom. The van der Waals surface area contributed by atoms with Crippen molar-refractivity contribution in [2.45, 2.75) is 17.6 Å². The molecule has 0 spiro atoms. The van der Waals surface area contributed by atoms with Gasteiger partial charge in [0.2, 0.25) is 21.8 Å². The Hall–Kier alpha value is -2.26. The van der Waals surface area contributed by atoms with Crippen molar-refractivity contribution in [1.29, 1.82) is 0 Å².